The van der Waals surface area contributed by atoms with Crippen molar-refractivity contribution in [2.75, 3.05) is 17.7 Å². The minimum absolute atomic E-state index is 0.364. The van der Waals surface area contributed by atoms with Crippen molar-refractivity contribution in [3.05, 3.63) is 85.1 Å². The van der Waals surface area contributed by atoms with E-state index in [0.29, 0.717) is 17.5 Å². The number of ether oxygens (including phenoxy) is 2. The molecule has 0 aliphatic carbocycles. The number of hydrogen-bond acceptors (Lipinski definition) is 7. The molecule has 2 N–H and O–H groups in total. The predicted octanol–water partition coefficient (Wildman–Crippen LogP) is 5.16. The highest BCUT2D eigenvalue weighted by atomic mass is 16.5. The van der Waals surface area contributed by atoms with Gasteiger partial charge in [-0.3, -0.25) is 0 Å². The van der Waals surface area contributed by atoms with Gasteiger partial charge in [0, 0.05) is 5.69 Å². The number of aromatic nitrogens is 3. The monoisotopic (exact) mass is 385 g/mol. The third-order valence-corrected chi connectivity index (χ3v) is 4.02. The summed E-state index contributed by atoms with van der Waals surface area (Å²) in [7, 11) is 1.61. The molecular weight excluding hydrogens is 366 g/mol. The molecular formula is C22H19N5O2. The van der Waals surface area contributed by atoms with Gasteiger partial charge in [0.1, 0.15) is 17.2 Å². The molecule has 0 saturated carbocycles. The lowest BCUT2D eigenvalue weighted by Crippen LogP contribution is -2.03. The molecule has 0 atom stereocenters. The summed E-state index contributed by atoms with van der Waals surface area (Å²) in [5.74, 6) is 3.17. The lowest BCUT2D eigenvalue weighted by Gasteiger charge is -2.11. The van der Waals surface area contributed by atoms with E-state index in [1.54, 1.807) is 13.3 Å². The minimum atomic E-state index is 0.364. The quantitative estimate of drug-likeness (QED) is 0.455. The molecule has 1 heterocycles. The molecule has 144 valence electrons. The minimum Gasteiger partial charge on any atom is -0.495 e. The first-order valence-electron chi connectivity index (χ1n) is 9.00. The zero-order chi connectivity index (χ0) is 19.9. The van der Waals surface area contributed by atoms with Crippen LogP contribution in [0.25, 0.3) is 0 Å². The fourth-order valence-corrected chi connectivity index (χ4v) is 2.66. The van der Waals surface area contributed by atoms with Gasteiger partial charge in [0.2, 0.25) is 5.95 Å². The molecule has 0 aliphatic rings. The number of benzene rings is 3. The standard InChI is InChI=1S/C22H19N5O2/c1-28-20-10-6-5-9-19(20)25-22-26-21(15-23-27-22)24-16-11-13-18(14-12-16)29-17-7-3-2-4-8-17/h2-15H,1H3,(H2,24,25,26,27). The summed E-state index contributed by atoms with van der Waals surface area (Å²) in [6.45, 7) is 0. The summed E-state index contributed by atoms with van der Waals surface area (Å²) >= 11 is 0. The van der Waals surface area contributed by atoms with Crippen molar-refractivity contribution in [2.45, 2.75) is 0 Å². The van der Waals surface area contributed by atoms with Crippen molar-refractivity contribution in [1.82, 2.24) is 15.2 Å². The van der Waals surface area contributed by atoms with E-state index >= 15 is 0 Å². The molecule has 3 aromatic carbocycles. The largest absolute Gasteiger partial charge is 0.495 e. The lowest BCUT2D eigenvalue weighted by molar-refractivity contribution is 0.417. The van der Waals surface area contributed by atoms with Crippen LogP contribution in [0.2, 0.25) is 0 Å². The second-order valence-corrected chi connectivity index (χ2v) is 6.05. The highest BCUT2D eigenvalue weighted by Crippen LogP contribution is 2.26. The Morgan fingerprint density at radius 1 is 0.759 bits per heavy atom. The number of methoxy groups -OCH3 is 1. The average molecular weight is 385 g/mol. The molecule has 7 nitrogen and oxygen atoms in total. The smallest absolute Gasteiger partial charge is 0.249 e. The average Bonchev–Trinajstić information content (AvgIpc) is 2.77. The fourth-order valence-electron chi connectivity index (χ4n) is 2.66. The van der Waals surface area contributed by atoms with E-state index in [1.807, 2.05) is 78.9 Å². The number of para-hydroxylation sites is 3. The molecule has 0 radical (unpaired) electrons. The highest BCUT2D eigenvalue weighted by Gasteiger charge is 2.06. The van der Waals surface area contributed by atoms with Crippen LogP contribution in [-0.4, -0.2) is 22.3 Å². The van der Waals surface area contributed by atoms with Crippen LogP contribution in [0.1, 0.15) is 0 Å². The highest BCUT2D eigenvalue weighted by molar-refractivity contribution is 5.63. The Morgan fingerprint density at radius 3 is 2.28 bits per heavy atom. The Hall–Kier alpha value is -4.13. The van der Waals surface area contributed by atoms with Crippen LogP contribution in [0, 0.1) is 0 Å². The van der Waals surface area contributed by atoms with Crippen LogP contribution in [0.15, 0.2) is 85.1 Å². The van der Waals surface area contributed by atoms with Crippen molar-refractivity contribution in [1.29, 1.82) is 0 Å². The summed E-state index contributed by atoms with van der Waals surface area (Å²) in [5, 5.41) is 14.4. The number of hydrogen-bond donors (Lipinski definition) is 2. The normalized spacial score (nSPS) is 10.2. The van der Waals surface area contributed by atoms with Crippen LogP contribution in [-0.2, 0) is 0 Å². The fraction of sp³-hybridized carbons (Fsp3) is 0.0455. The third-order valence-electron chi connectivity index (χ3n) is 4.02. The van der Waals surface area contributed by atoms with Crippen LogP contribution < -0.4 is 20.1 Å². The number of anilines is 4. The zero-order valence-corrected chi connectivity index (χ0v) is 15.7. The van der Waals surface area contributed by atoms with Crippen molar-refractivity contribution in [3.8, 4) is 17.2 Å². The molecule has 7 heteroatoms. The lowest BCUT2D eigenvalue weighted by atomic mass is 10.3. The summed E-state index contributed by atoms with van der Waals surface area (Å²) in [5.41, 5.74) is 1.62. The van der Waals surface area contributed by atoms with Crippen LogP contribution in [0.3, 0.4) is 0 Å². The van der Waals surface area contributed by atoms with Gasteiger partial charge >= 0.3 is 0 Å². The van der Waals surface area contributed by atoms with Crippen molar-refractivity contribution in [2.24, 2.45) is 0 Å². The van der Waals surface area contributed by atoms with E-state index in [9.17, 15) is 0 Å². The second-order valence-electron chi connectivity index (χ2n) is 6.05. The molecule has 0 aliphatic heterocycles. The third kappa shape index (κ3) is 4.78. The van der Waals surface area contributed by atoms with Gasteiger partial charge in [-0.25, -0.2) is 0 Å². The summed E-state index contributed by atoms with van der Waals surface area (Å²) in [6.07, 6.45) is 1.56. The maximum atomic E-state index is 5.80. The number of rotatable bonds is 7. The van der Waals surface area contributed by atoms with Gasteiger partial charge in [-0.15, -0.1) is 5.10 Å². The van der Waals surface area contributed by atoms with Gasteiger partial charge in [-0.2, -0.15) is 10.1 Å². The van der Waals surface area contributed by atoms with E-state index in [0.717, 1.165) is 22.9 Å². The van der Waals surface area contributed by atoms with Crippen LogP contribution in [0.4, 0.5) is 23.1 Å². The molecule has 4 rings (SSSR count). The molecule has 1 aromatic heterocycles. The summed E-state index contributed by atoms with van der Waals surface area (Å²) in [4.78, 5) is 4.45. The Labute approximate surface area is 168 Å². The topological polar surface area (TPSA) is 81.2 Å². The first kappa shape index (κ1) is 18.2. The van der Waals surface area contributed by atoms with Gasteiger partial charge in [-0.1, -0.05) is 30.3 Å². The van der Waals surface area contributed by atoms with Crippen molar-refractivity contribution >= 4 is 23.1 Å². The summed E-state index contributed by atoms with van der Waals surface area (Å²) < 4.78 is 11.1. The maximum Gasteiger partial charge on any atom is 0.249 e. The molecule has 0 bridgehead atoms. The van der Waals surface area contributed by atoms with E-state index in [2.05, 4.69) is 25.8 Å². The van der Waals surface area contributed by atoms with E-state index in [4.69, 9.17) is 9.47 Å². The van der Waals surface area contributed by atoms with Gasteiger partial charge < -0.3 is 20.1 Å². The van der Waals surface area contributed by atoms with Crippen molar-refractivity contribution in [3.63, 3.8) is 0 Å². The van der Waals surface area contributed by atoms with Crippen molar-refractivity contribution < 1.29 is 9.47 Å². The van der Waals surface area contributed by atoms with Crippen LogP contribution >= 0.6 is 0 Å². The van der Waals surface area contributed by atoms with E-state index in [-0.39, 0.29) is 0 Å². The molecule has 4 aromatic rings. The Kier molecular flexibility index (Phi) is 5.48. The van der Waals surface area contributed by atoms with Gasteiger partial charge in [0.15, 0.2) is 5.82 Å². The molecule has 0 unspecified atom stereocenters. The summed E-state index contributed by atoms with van der Waals surface area (Å²) in [6, 6.07) is 24.8. The predicted molar refractivity (Wildman–Crippen MR) is 112 cm³/mol. The molecule has 0 amide bonds. The SMILES string of the molecule is COc1ccccc1Nc1nncc(Nc2ccc(Oc3ccccc3)cc2)n1. The molecule has 0 saturated heterocycles. The second kappa shape index (κ2) is 8.71. The first-order chi connectivity index (χ1) is 14.3. The van der Waals surface area contributed by atoms with E-state index < -0.39 is 0 Å². The zero-order valence-electron chi connectivity index (χ0n) is 15.7. The van der Waals surface area contributed by atoms with E-state index in [1.165, 1.54) is 0 Å². The number of nitrogens with one attached hydrogen (secondary N) is 2. The van der Waals surface area contributed by atoms with Crippen LogP contribution in [0.5, 0.6) is 17.2 Å². The van der Waals surface area contributed by atoms with Gasteiger partial charge in [0.05, 0.1) is 19.0 Å². The Balaban J connectivity index is 1.44. The maximum absolute atomic E-state index is 5.80. The van der Waals surface area contributed by atoms with Gasteiger partial charge in [-0.05, 0) is 48.5 Å². The first-order valence-corrected chi connectivity index (χ1v) is 9.00. The Bertz CT molecular complexity index is 1070. The molecule has 29 heavy (non-hydrogen) atoms. The Morgan fingerprint density at radius 2 is 1.48 bits per heavy atom. The molecule has 0 spiro atoms. The number of nitrogens with zero attached hydrogens (tertiary/aromatic N) is 3. The van der Waals surface area contributed by atoms with Gasteiger partial charge in [0.25, 0.3) is 0 Å². The molecule has 0 fully saturated rings.